The van der Waals surface area contributed by atoms with Crippen LogP contribution < -0.4 is 5.32 Å². The molecule has 112 valence electrons. The van der Waals surface area contributed by atoms with E-state index in [1.807, 2.05) is 6.07 Å². The van der Waals surface area contributed by atoms with Gasteiger partial charge in [0.25, 0.3) is 0 Å². The summed E-state index contributed by atoms with van der Waals surface area (Å²) >= 11 is 0. The molecule has 0 spiro atoms. The number of hydrogen-bond donors (Lipinski definition) is 3. The van der Waals surface area contributed by atoms with Gasteiger partial charge in [-0.1, -0.05) is 0 Å². The van der Waals surface area contributed by atoms with Crippen molar-refractivity contribution in [2.75, 3.05) is 33.3 Å². The third kappa shape index (κ3) is 4.08. The van der Waals surface area contributed by atoms with Gasteiger partial charge in [0.05, 0.1) is 18.5 Å². The van der Waals surface area contributed by atoms with Crippen molar-refractivity contribution in [2.24, 2.45) is 0 Å². The van der Waals surface area contributed by atoms with Gasteiger partial charge in [-0.2, -0.15) is 5.26 Å². The number of nitriles is 1. The molecule has 3 N–H and O–H groups in total. The van der Waals surface area contributed by atoms with Gasteiger partial charge in [0, 0.05) is 33.3 Å². The van der Waals surface area contributed by atoms with E-state index in [-0.39, 0.29) is 32.0 Å². The minimum Gasteiger partial charge on any atom is -0.465 e. The van der Waals surface area contributed by atoms with Crippen molar-refractivity contribution in [1.29, 1.82) is 5.26 Å². The Labute approximate surface area is 117 Å². The van der Waals surface area contributed by atoms with Crippen LogP contribution in [0.5, 0.6) is 0 Å². The van der Waals surface area contributed by atoms with Crippen LogP contribution >= 0.6 is 0 Å². The minimum absolute atomic E-state index is 0.00120. The van der Waals surface area contributed by atoms with Crippen molar-refractivity contribution in [1.82, 2.24) is 15.1 Å². The number of aliphatic hydroxyl groups excluding tert-OH is 1. The SMILES string of the molecule is CN(CCCO)C(=O)C1CN(C(=O)O)C(CC#N)CN1. The normalized spacial score (nSPS) is 22.1. The third-order valence-electron chi connectivity index (χ3n) is 3.32. The summed E-state index contributed by atoms with van der Waals surface area (Å²) in [6.07, 6.45) is -0.544. The molecule has 2 atom stereocenters. The fourth-order valence-electron chi connectivity index (χ4n) is 2.17. The number of aliphatic hydroxyl groups is 1. The predicted octanol–water partition coefficient (Wildman–Crippen LogP) is -0.939. The number of piperazine rings is 1. The number of carbonyl (C=O) groups is 2. The van der Waals surface area contributed by atoms with Crippen molar-refractivity contribution in [3.8, 4) is 6.07 Å². The van der Waals surface area contributed by atoms with E-state index in [1.54, 1.807) is 7.05 Å². The molecule has 8 heteroatoms. The molecular formula is C12H20N4O4. The van der Waals surface area contributed by atoms with Gasteiger partial charge in [-0.15, -0.1) is 0 Å². The first-order valence-electron chi connectivity index (χ1n) is 6.47. The maximum Gasteiger partial charge on any atom is 0.407 e. The highest BCUT2D eigenvalue weighted by molar-refractivity contribution is 5.82. The second-order valence-electron chi connectivity index (χ2n) is 4.75. The van der Waals surface area contributed by atoms with Gasteiger partial charge < -0.3 is 25.3 Å². The van der Waals surface area contributed by atoms with Crippen LogP contribution in [-0.4, -0.2) is 77.4 Å². The minimum atomic E-state index is -1.12. The highest BCUT2D eigenvalue weighted by Crippen LogP contribution is 2.12. The molecule has 2 amide bonds. The first-order chi connectivity index (χ1) is 9.51. The first kappa shape index (κ1) is 16.2. The number of nitrogens with zero attached hydrogens (tertiary/aromatic N) is 3. The standard InChI is InChI=1S/C12H20N4O4/c1-15(5-2-6-17)11(18)10-8-16(12(19)20)9(3-4-13)7-14-10/h9-10,14,17H,2-3,5-8H2,1H3,(H,19,20). The van der Waals surface area contributed by atoms with E-state index in [9.17, 15) is 9.59 Å². The Hall–Kier alpha value is -1.85. The largest absolute Gasteiger partial charge is 0.465 e. The summed E-state index contributed by atoms with van der Waals surface area (Å²) < 4.78 is 0. The van der Waals surface area contributed by atoms with Crippen LogP contribution in [0, 0.1) is 11.3 Å². The molecule has 0 aromatic carbocycles. The molecule has 8 nitrogen and oxygen atoms in total. The van der Waals surface area contributed by atoms with E-state index in [0.717, 1.165) is 4.90 Å². The molecule has 0 radical (unpaired) electrons. The number of rotatable bonds is 5. The summed E-state index contributed by atoms with van der Waals surface area (Å²) in [6.45, 7) is 0.734. The Morgan fingerprint density at radius 3 is 2.80 bits per heavy atom. The molecule has 1 saturated heterocycles. The van der Waals surface area contributed by atoms with Gasteiger partial charge in [-0.25, -0.2) is 4.79 Å². The number of carbonyl (C=O) groups excluding carboxylic acids is 1. The summed E-state index contributed by atoms with van der Waals surface area (Å²) in [7, 11) is 1.62. The molecule has 0 aromatic heterocycles. The van der Waals surface area contributed by atoms with Gasteiger partial charge >= 0.3 is 6.09 Å². The smallest absolute Gasteiger partial charge is 0.407 e. The zero-order chi connectivity index (χ0) is 15.1. The Morgan fingerprint density at radius 1 is 1.55 bits per heavy atom. The van der Waals surface area contributed by atoms with Gasteiger partial charge in [-0.3, -0.25) is 4.79 Å². The number of nitrogens with one attached hydrogen (secondary N) is 1. The fourth-order valence-corrected chi connectivity index (χ4v) is 2.17. The molecule has 0 saturated carbocycles. The second kappa shape index (κ2) is 7.67. The van der Waals surface area contributed by atoms with Gasteiger partial charge in [0.2, 0.25) is 5.91 Å². The average Bonchev–Trinajstić information content (AvgIpc) is 2.44. The molecular weight excluding hydrogens is 264 g/mol. The number of carboxylic acid groups (broad SMARTS) is 1. The van der Waals surface area contributed by atoms with Gasteiger partial charge in [-0.05, 0) is 6.42 Å². The van der Waals surface area contributed by atoms with Gasteiger partial charge in [0.15, 0.2) is 0 Å². The van der Waals surface area contributed by atoms with E-state index in [2.05, 4.69) is 5.32 Å². The van der Waals surface area contributed by atoms with Crippen molar-refractivity contribution >= 4 is 12.0 Å². The second-order valence-corrected chi connectivity index (χ2v) is 4.75. The lowest BCUT2D eigenvalue weighted by Crippen LogP contribution is -2.62. The molecule has 0 aromatic rings. The fraction of sp³-hybridized carbons (Fsp3) is 0.750. The first-order valence-corrected chi connectivity index (χ1v) is 6.47. The van der Waals surface area contributed by atoms with Crippen LogP contribution in [0.4, 0.5) is 4.79 Å². The zero-order valence-corrected chi connectivity index (χ0v) is 11.4. The van der Waals surface area contributed by atoms with Crippen molar-refractivity contribution < 1.29 is 19.8 Å². The Bertz CT molecular complexity index is 395. The molecule has 2 unspecified atom stereocenters. The maximum atomic E-state index is 12.1. The molecule has 0 bridgehead atoms. The van der Waals surface area contributed by atoms with Gasteiger partial charge in [0.1, 0.15) is 6.04 Å². The Morgan fingerprint density at radius 2 is 2.25 bits per heavy atom. The zero-order valence-electron chi connectivity index (χ0n) is 11.4. The van der Waals surface area contributed by atoms with Crippen LogP contribution in [-0.2, 0) is 4.79 Å². The number of likely N-dealkylation sites (N-methyl/N-ethyl adjacent to an activating group) is 1. The summed E-state index contributed by atoms with van der Waals surface area (Å²) in [6, 6.07) is 0.916. The van der Waals surface area contributed by atoms with Crippen LogP contribution in [0.25, 0.3) is 0 Å². The third-order valence-corrected chi connectivity index (χ3v) is 3.32. The molecule has 1 aliphatic heterocycles. The summed E-state index contributed by atoms with van der Waals surface area (Å²) in [5.74, 6) is -0.208. The molecule has 1 rings (SSSR count). The Balaban J connectivity index is 2.64. The highest BCUT2D eigenvalue weighted by Gasteiger charge is 2.35. The van der Waals surface area contributed by atoms with E-state index >= 15 is 0 Å². The number of amides is 2. The summed E-state index contributed by atoms with van der Waals surface area (Å²) in [5, 5.41) is 29.6. The topological polar surface area (TPSA) is 117 Å². The van der Waals surface area contributed by atoms with E-state index in [4.69, 9.17) is 15.5 Å². The quantitative estimate of drug-likeness (QED) is 0.600. The van der Waals surface area contributed by atoms with Crippen LogP contribution in [0.15, 0.2) is 0 Å². The molecule has 1 fully saturated rings. The van der Waals surface area contributed by atoms with Crippen molar-refractivity contribution in [2.45, 2.75) is 24.9 Å². The van der Waals surface area contributed by atoms with E-state index < -0.39 is 18.2 Å². The lowest BCUT2D eigenvalue weighted by atomic mass is 10.1. The number of hydrogen-bond acceptors (Lipinski definition) is 5. The molecule has 1 heterocycles. The lowest BCUT2D eigenvalue weighted by Gasteiger charge is -2.38. The maximum absolute atomic E-state index is 12.1. The summed E-state index contributed by atoms with van der Waals surface area (Å²) in [4.78, 5) is 25.9. The predicted molar refractivity (Wildman–Crippen MR) is 69.9 cm³/mol. The van der Waals surface area contributed by atoms with E-state index in [1.165, 1.54) is 4.90 Å². The lowest BCUT2D eigenvalue weighted by molar-refractivity contribution is -0.133. The monoisotopic (exact) mass is 284 g/mol. The molecule has 20 heavy (non-hydrogen) atoms. The summed E-state index contributed by atoms with van der Waals surface area (Å²) in [5.41, 5.74) is 0. The average molecular weight is 284 g/mol. The van der Waals surface area contributed by atoms with E-state index in [0.29, 0.717) is 13.0 Å². The van der Waals surface area contributed by atoms with Crippen molar-refractivity contribution in [3.63, 3.8) is 0 Å². The van der Waals surface area contributed by atoms with Crippen LogP contribution in [0.2, 0.25) is 0 Å². The molecule has 0 aliphatic carbocycles. The Kier molecular flexibility index (Phi) is 6.21. The molecule has 1 aliphatic rings. The van der Waals surface area contributed by atoms with Crippen molar-refractivity contribution in [3.05, 3.63) is 0 Å². The van der Waals surface area contributed by atoms with Crippen LogP contribution in [0.1, 0.15) is 12.8 Å². The van der Waals surface area contributed by atoms with Crippen LogP contribution in [0.3, 0.4) is 0 Å². The highest BCUT2D eigenvalue weighted by atomic mass is 16.4.